The molecule has 0 atom stereocenters. The predicted molar refractivity (Wildman–Crippen MR) is 121 cm³/mol. The molecule has 2 aliphatic heterocycles. The van der Waals surface area contributed by atoms with E-state index >= 15 is 0 Å². The molecule has 168 valence electrons. The monoisotopic (exact) mass is 428 g/mol. The molecule has 4 rings (SSSR count). The van der Waals surface area contributed by atoms with Crippen LogP contribution in [-0.4, -0.2) is 72.5 Å². The highest BCUT2D eigenvalue weighted by molar-refractivity contribution is 5.82. The molecule has 2 aliphatic rings. The van der Waals surface area contributed by atoms with Gasteiger partial charge in [-0.1, -0.05) is 0 Å². The second kappa shape index (κ2) is 9.65. The van der Waals surface area contributed by atoms with Gasteiger partial charge in [-0.15, -0.1) is 0 Å². The van der Waals surface area contributed by atoms with Crippen LogP contribution in [0.25, 0.3) is 11.1 Å². The molecule has 31 heavy (non-hydrogen) atoms. The number of hydrogen-bond donors (Lipinski definition) is 1. The van der Waals surface area contributed by atoms with Gasteiger partial charge in [0.2, 0.25) is 0 Å². The summed E-state index contributed by atoms with van der Waals surface area (Å²) < 4.78 is 7.22. The zero-order valence-corrected chi connectivity index (χ0v) is 18.4. The van der Waals surface area contributed by atoms with Crippen molar-refractivity contribution in [3.8, 4) is 16.9 Å². The Bertz CT molecular complexity index is 901. The number of nitrogens with one attached hydrogen (secondary N) is 1. The molecule has 0 aliphatic carbocycles. The van der Waals surface area contributed by atoms with Crippen LogP contribution >= 0.6 is 0 Å². The number of nitrogens with zero attached hydrogens (tertiary/aromatic N) is 5. The van der Waals surface area contributed by atoms with Crippen LogP contribution in [0.1, 0.15) is 19.8 Å². The average Bonchev–Trinajstić information content (AvgIpc) is 3.28. The van der Waals surface area contributed by atoms with Crippen molar-refractivity contribution >= 4 is 11.4 Å². The van der Waals surface area contributed by atoms with E-state index in [-0.39, 0.29) is 10.6 Å². The van der Waals surface area contributed by atoms with E-state index in [0.29, 0.717) is 11.7 Å². The highest BCUT2D eigenvalue weighted by Crippen LogP contribution is 2.41. The van der Waals surface area contributed by atoms with Crippen LogP contribution in [0.4, 0.5) is 11.4 Å². The first-order valence-corrected chi connectivity index (χ1v) is 11.2. The Morgan fingerprint density at radius 2 is 1.97 bits per heavy atom. The standard InChI is InChI=1S/C22H32N6O3/c1-3-27-16-18(14-24-27)19-12-21(28(29)30)22(31-2)13-20(19)26-8-4-17(5-9-26)15-25-10-6-23-7-11-25/h12-14,16-17,23H,3-11,15H2,1-2H3. The second-order valence-corrected chi connectivity index (χ2v) is 8.36. The number of aromatic nitrogens is 2. The van der Waals surface area contributed by atoms with Crippen molar-refractivity contribution in [3.05, 3.63) is 34.6 Å². The first-order valence-electron chi connectivity index (χ1n) is 11.2. The van der Waals surface area contributed by atoms with Crippen molar-refractivity contribution < 1.29 is 9.66 Å². The van der Waals surface area contributed by atoms with Crippen LogP contribution in [0.2, 0.25) is 0 Å². The Balaban J connectivity index is 1.57. The summed E-state index contributed by atoms with van der Waals surface area (Å²) in [5.41, 5.74) is 2.70. The SMILES string of the molecule is CCn1cc(-c2cc([N+](=O)[O-])c(OC)cc2N2CCC(CN3CCNCC3)CC2)cn1. The molecule has 0 spiro atoms. The third-order valence-corrected chi connectivity index (χ3v) is 6.44. The summed E-state index contributed by atoms with van der Waals surface area (Å²) in [5.74, 6) is 0.996. The summed E-state index contributed by atoms with van der Waals surface area (Å²) in [6.07, 6.45) is 5.98. The topological polar surface area (TPSA) is 88.7 Å². The number of piperidine rings is 1. The Hall–Kier alpha value is -2.65. The third-order valence-electron chi connectivity index (χ3n) is 6.44. The van der Waals surface area contributed by atoms with Gasteiger partial charge in [-0.3, -0.25) is 14.8 Å². The molecule has 0 unspecified atom stereocenters. The van der Waals surface area contributed by atoms with Gasteiger partial charge >= 0.3 is 5.69 Å². The molecule has 0 amide bonds. The van der Waals surface area contributed by atoms with Gasteiger partial charge in [0.1, 0.15) is 0 Å². The lowest BCUT2D eigenvalue weighted by molar-refractivity contribution is -0.385. The van der Waals surface area contributed by atoms with Crippen molar-refractivity contribution in [1.29, 1.82) is 0 Å². The van der Waals surface area contributed by atoms with Crippen LogP contribution in [0, 0.1) is 16.0 Å². The predicted octanol–water partition coefficient (Wildman–Crippen LogP) is 2.61. The first kappa shape index (κ1) is 21.6. The molecule has 2 aromatic rings. The Morgan fingerprint density at radius 3 is 2.58 bits per heavy atom. The van der Waals surface area contributed by atoms with E-state index in [2.05, 4.69) is 20.2 Å². The zero-order chi connectivity index (χ0) is 21.8. The van der Waals surface area contributed by atoms with Gasteiger partial charge < -0.3 is 19.9 Å². The van der Waals surface area contributed by atoms with Crippen molar-refractivity contribution in [1.82, 2.24) is 20.0 Å². The fourth-order valence-electron chi connectivity index (χ4n) is 4.65. The van der Waals surface area contributed by atoms with E-state index in [1.807, 2.05) is 23.9 Å². The molecule has 0 radical (unpaired) electrons. The van der Waals surface area contributed by atoms with E-state index in [9.17, 15) is 10.1 Å². The average molecular weight is 429 g/mol. The number of benzene rings is 1. The molecule has 1 aromatic carbocycles. The number of nitro groups is 1. The fraction of sp³-hybridized carbons (Fsp3) is 0.591. The van der Waals surface area contributed by atoms with Crippen LogP contribution < -0.4 is 15.0 Å². The molecule has 9 heteroatoms. The van der Waals surface area contributed by atoms with E-state index in [1.165, 1.54) is 7.11 Å². The summed E-state index contributed by atoms with van der Waals surface area (Å²) in [6, 6.07) is 3.46. The highest BCUT2D eigenvalue weighted by atomic mass is 16.6. The smallest absolute Gasteiger partial charge is 0.311 e. The van der Waals surface area contributed by atoms with Crippen LogP contribution in [0.5, 0.6) is 5.75 Å². The number of hydrogen-bond acceptors (Lipinski definition) is 7. The number of piperazine rings is 1. The minimum absolute atomic E-state index is 0.0147. The third kappa shape index (κ3) is 4.83. The van der Waals surface area contributed by atoms with Gasteiger partial charge in [0.05, 0.1) is 18.2 Å². The molecule has 3 heterocycles. The minimum Gasteiger partial charge on any atom is -0.490 e. The highest BCUT2D eigenvalue weighted by Gasteiger charge is 2.27. The lowest BCUT2D eigenvalue weighted by Crippen LogP contribution is -2.47. The molecule has 2 fully saturated rings. The van der Waals surface area contributed by atoms with Gasteiger partial charge in [0.25, 0.3) is 0 Å². The van der Waals surface area contributed by atoms with Crippen molar-refractivity contribution in [2.24, 2.45) is 5.92 Å². The van der Waals surface area contributed by atoms with Crippen molar-refractivity contribution in [3.63, 3.8) is 0 Å². The number of ether oxygens (including phenoxy) is 1. The molecule has 0 saturated carbocycles. The zero-order valence-electron chi connectivity index (χ0n) is 18.4. The summed E-state index contributed by atoms with van der Waals surface area (Å²) in [7, 11) is 1.49. The molecule has 2 saturated heterocycles. The Labute approximate surface area is 183 Å². The quantitative estimate of drug-likeness (QED) is 0.536. The number of anilines is 1. The summed E-state index contributed by atoms with van der Waals surface area (Å²) in [4.78, 5) is 16.2. The van der Waals surface area contributed by atoms with Gasteiger partial charge in [-0.05, 0) is 25.7 Å². The van der Waals surface area contributed by atoms with Gasteiger partial charge in [-0.2, -0.15) is 5.10 Å². The number of nitro benzene ring substituents is 1. The fourth-order valence-corrected chi connectivity index (χ4v) is 4.65. The maximum Gasteiger partial charge on any atom is 0.311 e. The Kier molecular flexibility index (Phi) is 6.72. The molecule has 9 nitrogen and oxygen atoms in total. The van der Waals surface area contributed by atoms with Crippen molar-refractivity contribution in [2.45, 2.75) is 26.3 Å². The lowest BCUT2D eigenvalue weighted by Gasteiger charge is -2.37. The van der Waals surface area contributed by atoms with Gasteiger partial charge in [-0.25, -0.2) is 0 Å². The minimum atomic E-state index is -0.379. The largest absolute Gasteiger partial charge is 0.490 e. The summed E-state index contributed by atoms with van der Waals surface area (Å²) >= 11 is 0. The second-order valence-electron chi connectivity index (χ2n) is 8.36. The number of methoxy groups -OCH3 is 1. The van der Waals surface area contributed by atoms with E-state index in [0.717, 1.165) is 82.0 Å². The molecular weight excluding hydrogens is 396 g/mol. The van der Waals surface area contributed by atoms with Crippen LogP contribution in [0.3, 0.4) is 0 Å². The molecule has 0 bridgehead atoms. The maximum atomic E-state index is 11.6. The molecule has 1 aromatic heterocycles. The Morgan fingerprint density at radius 1 is 1.23 bits per heavy atom. The van der Waals surface area contributed by atoms with Gasteiger partial charge in [0.15, 0.2) is 5.75 Å². The van der Waals surface area contributed by atoms with Crippen LogP contribution in [-0.2, 0) is 6.54 Å². The summed E-state index contributed by atoms with van der Waals surface area (Å²) in [6.45, 7) is 10.2. The van der Waals surface area contributed by atoms with E-state index < -0.39 is 0 Å². The normalized spacial score (nSPS) is 18.3. The summed E-state index contributed by atoms with van der Waals surface area (Å²) in [5, 5.41) is 19.4. The van der Waals surface area contributed by atoms with Gasteiger partial charge in [0, 0.05) is 87.5 Å². The van der Waals surface area contributed by atoms with E-state index in [1.54, 1.807) is 12.3 Å². The molecule has 1 N–H and O–H groups in total. The lowest BCUT2D eigenvalue weighted by atomic mass is 9.94. The van der Waals surface area contributed by atoms with Crippen molar-refractivity contribution in [2.75, 3.05) is 57.8 Å². The maximum absolute atomic E-state index is 11.6. The van der Waals surface area contributed by atoms with Crippen LogP contribution in [0.15, 0.2) is 24.5 Å². The molecular formula is C22H32N6O3. The van der Waals surface area contributed by atoms with E-state index in [4.69, 9.17) is 4.74 Å². The number of aryl methyl sites for hydroxylation is 1. The first-order chi connectivity index (χ1) is 15.1. The number of rotatable bonds is 7.